The fourth-order valence-corrected chi connectivity index (χ4v) is 1.81. The molecule has 5 N–H and O–H groups in total. The summed E-state index contributed by atoms with van der Waals surface area (Å²) in [4.78, 5) is 29.5. The minimum atomic E-state index is -1.28. The number of aliphatic carboxylic acids is 1. The van der Waals surface area contributed by atoms with E-state index in [-0.39, 0.29) is 0 Å². The molecule has 0 spiro atoms. The summed E-state index contributed by atoms with van der Waals surface area (Å²) in [7, 11) is 0. The Balaban J connectivity index is 1.97. The zero-order valence-corrected chi connectivity index (χ0v) is 9.51. The summed E-state index contributed by atoms with van der Waals surface area (Å²) in [6, 6.07) is -1.81. The van der Waals surface area contributed by atoms with Crippen LogP contribution >= 0.6 is 0 Å². The van der Waals surface area contributed by atoms with Gasteiger partial charge < -0.3 is 20.5 Å². The van der Waals surface area contributed by atoms with Crippen molar-refractivity contribution < 1.29 is 19.8 Å². The number of carboxylic acids is 1. The summed E-state index contributed by atoms with van der Waals surface area (Å²) >= 11 is 0. The Labute approximate surface area is 102 Å². The number of hydrogen-bond donors (Lipinski definition) is 5. The fourth-order valence-electron chi connectivity index (χ4n) is 1.81. The number of H-pyrrole nitrogens is 1. The zero-order valence-electron chi connectivity index (χ0n) is 9.51. The lowest BCUT2D eigenvalue weighted by atomic mass is 10.0. The van der Waals surface area contributed by atoms with E-state index in [0.29, 0.717) is 13.0 Å². The van der Waals surface area contributed by atoms with E-state index in [9.17, 15) is 9.59 Å². The SMILES string of the molecule is O=C(O)C(CO)NC(=O)C1Cc2nc[nH]c2CN1. The van der Waals surface area contributed by atoms with E-state index in [2.05, 4.69) is 20.6 Å². The lowest BCUT2D eigenvalue weighted by Crippen LogP contribution is -2.53. The van der Waals surface area contributed by atoms with Crippen LogP contribution in [0.15, 0.2) is 6.33 Å². The van der Waals surface area contributed by atoms with Gasteiger partial charge >= 0.3 is 5.97 Å². The van der Waals surface area contributed by atoms with Crippen LogP contribution in [0.3, 0.4) is 0 Å². The second-order valence-corrected chi connectivity index (χ2v) is 4.05. The molecule has 98 valence electrons. The summed E-state index contributed by atoms with van der Waals surface area (Å²) < 4.78 is 0. The highest BCUT2D eigenvalue weighted by Gasteiger charge is 2.28. The van der Waals surface area contributed by atoms with Crippen molar-refractivity contribution in [2.45, 2.75) is 25.0 Å². The maximum atomic E-state index is 11.8. The molecule has 0 radical (unpaired) electrons. The van der Waals surface area contributed by atoms with Crippen molar-refractivity contribution in [1.29, 1.82) is 0 Å². The molecule has 18 heavy (non-hydrogen) atoms. The molecule has 8 nitrogen and oxygen atoms in total. The van der Waals surface area contributed by atoms with Gasteiger partial charge in [0.25, 0.3) is 0 Å². The topological polar surface area (TPSA) is 127 Å². The highest BCUT2D eigenvalue weighted by molar-refractivity contribution is 5.87. The van der Waals surface area contributed by atoms with E-state index in [1.165, 1.54) is 0 Å². The number of amides is 1. The zero-order chi connectivity index (χ0) is 13.1. The molecule has 0 aromatic carbocycles. The Morgan fingerprint density at radius 2 is 2.39 bits per heavy atom. The maximum Gasteiger partial charge on any atom is 0.328 e. The van der Waals surface area contributed by atoms with Gasteiger partial charge in [0.15, 0.2) is 0 Å². The van der Waals surface area contributed by atoms with Crippen LogP contribution in [0.25, 0.3) is 0 Å². The number of rotatable bonds is 4. The Bertz CT molecular complexity index is 458. The highest BCUT2D eigenvalue weighted by atomic mass is 16.4. The second-order valence-electron chi connectivity index (χ2n) is 4.05. The molecule has 0 bridgehead atoms. The van der Waals surface area contributed by atoms with E-state index in [1.54, 1.807) is 6.33 Å². The molecule has 0 fully saturated rings. The van der Waals surface area contributed by atoms with Gasteiger partial charge in [-0.1, -0.05) is 0 Å². The third kappa shape index (κ3) is 2.49. The van der Waals surface area contributed by atoms with E-state index in [1.807, 2.05) is 0 Å². The van der Waals surface area contributed by atoms with Crippen LogP contribution in [0, 0.1) is 0 Å². The number of nitrogens with one attached hydrogen (secondary N) is 3. The number of imidazole rings is 1. The van der Waals surface area contributed by atoms with Crippen LogP contribution in [0.5, 0.6) is 0 Å². The lowest BCUT2D eigenvalue weighted by Gasteiger charge is -2.23. The summed E-state index contributed by atoms with van der Waals surface area (Å²) in [5, 5.41) is 22.8. The number of aromatic amines is 1. The van der Waals surface area contributed by atoms with Crippen LogP contribution in [-0.2, 0) is 22.6 Å². The van der Waals surface area contributed by atoms with Crippen molar-refractivity contribution in [1.82, 2.24) is 20.6 Å². The molecule has 0 saturated heterocycles. The molecule has 1 aliphatic rings. The van der Waals surface area contributed by atoms with Gasteiger partial charge in [0, 0.05) is 13.0 Å². The molecule has 2 rings (SSSR count). The smallest absolute Gasteiger partial charge is 0.328 e. The number of carboxylic acid groups (broad SMARTS) is 1. The summed E-state index contributed by atoms with van der Waals surface area (Å²) in [5.41, 5.74) is 1.72. The quantitative estimate of drug-likeness (QED) is 0.422. The van der Waals surface area contributed by atoms with Crippen molar-refractivity contribution in [2.24, 2.45) is 0 Å². The number of hydrogen-bond acceptors (Lipinski definition) is 5. The molecule has 0 aliphatic carbocycles. The van der Waals surface area contributed by atoms with Gasteiger partial charge in [0.2, 0.25) is 5.91 Å². The summed E-state index contributed by atoms with van der Waals surface area (Å²) in [5.74, 6) is -1.72. The second kappa shape index (κ2) is 5.15. The number of carbonyl (C=O) groups is 2. The molecule has 1 aliphatic heterocycles. The minimum absolute atomic E-state index is 0.391. The van der Waals surface area contributed by atoms with E-state index in [4.69, 9.17) is 10.2 Å². The molecule has 8 heteroatoms. The average molecular weight is 254 g/mol. The van der Waals surface area contributed by atoms with Gasteiger partial charge in [-0.05, 0) is 0 Å². The van der Waals surface area contributed by atoms with Crippen molar-refractivity contribution in [3.63, 3.8) is 0 Å². The highest BCUT2D eigenvalue weighted by Crippen LogP contribution is 2.12. The average Bonchev–Trinajstić information content (AvgIpc) is 2.82. The van der Waals surface area contributed by atoms with Crippen molar-refractivity contribution >= 4 is 11.9 Å². The van der Waals surface area contributed by atoms with Crippen LogP contribution in [0.1, 0.15) is 11.4 Å². The van der Waals surface area contributed by atoms with Gasteiger partial charge in [-0.15, -0.1) is 0 Å². The number of aromatic nitrogens is 2. The van der Waals surface area contributed by atoms with E-state index >= 15 is 0 Å². The number of fused-ring (bicyclic) bond motifs is 1. The standard InChI is InChI=1S/C10H14N4O4/c15-3-8(10(17)18)14-9(16)6-1-5-7(2-11-6)13-4-12-5/h4,6,8,11,15H,1-3H2,(H,12,13)(H,14,16)(H,17,18). The first-order chi connectivity index (χ1) is 8.61. The first-order valence-electron chi connectivity index (χ1n) is 5.50. The van der Waals surface area contributed by atoms with Crippen molar-refractivity contribution in [2.75, 3.05) is 6.61 Å². The predicted octanol–water partition coefficient (Wildman–Crippen LogP) is -2.01. The van der Waals surface area contributed by atoms with Crippen LogP contribution in [0.2, 0.25) is 0 Å². The first kappa shape index (κ1) is 12.5. The molecule has 2 unspecified atom stereocenters. The molecule has 1 aromatic heterocycles. The Morgan fingerprint density at radius 3 is 3.06 bits per heavy atom. The third-order valence-corrected chi connectivity index (χ3v) is 2.84. The first-order valence-corrected chi connectivity index (χ1v) is 5.50. The largest absolute Gasteiger partial charge is 0.480 e. The van der Waals surface area contributed by atoms with Gasteiger partial charge in [-0.3, -0.25) is 10.1 Å². The molecule has 1 aromatic rings. The minimum Gasteiger partial charge on any atom is -0.480 e. The number of carbonyl (C=O) groups excluding carboxylic acids is 1. The molecular weight excluding hydrogens is 240 g/mol. The molecule has 0 saturated carbocycles. The van der Waals surface area contributed by atoms with Gasteiger partial charge in [0.05, 0.1) is 30.4 Å². The van der Waals surface area contributed by atoms with Crippen LogP contribution in [0.4, 0.5) is 0 Å². The molecule has 1 amide bonds. The third-order valence-electron chi connectivity index (χ3n) is 2.84. The number of aliphatic hydroxyl groups excluding tert-OH is 1. The van der Waals surface area contributed by atoms with E-state index < -0.39 is 30.6 Å². The van der Waals surface area contributed by atoms with Crippen molar-refractivity contribution in [3.8, 4) is 0 Å². The number of nitrogens with zero attached hydrogens (tertiary/aromatic N) is 1. The Morgan fingerprint density at radius 1 is 1.61 bits per heavy atom. The van der Waals surface area contributed by atoms with Gasteiger partial charge in [-0.2, -0.15) is 0 Å². The molecule has 2 atom stereocenters. The summed E-state index contributed by atoms with van der Waals surface area (Å²) in [6.07, 6.45) is 1.95. The van der Waals surface area contributed by atoms with E-state index in [0.717, 1.165) is 11.4 Å². The normalized spacial score (nSPS) is 19.9. The van der Waals surface area contributed by atoms with Gasteiger partial charge in [0.1, 0.15) is 6.04 Å². The lowest BCUT2D eigenvalue weighted by molar-refractivity contribution is -0.143. The van der Waals surface area contributed by atoms with Crippen molar-refractivity contribution in [3.05, 3.63) is 17.7 Å². The Hall–Kier alpha value is -1.93. The monoisotopic (exact) mass is 254 g/mol. The van der Waals surface area contributed by atoms with Crippen LogP contribution in [-0.4, -0.2) is 50.7 Å². The Kier molecular flexibility index (Phi) is 3.58. The van der Waals surface area contributed by atoms with Crippen LogP contribution < -0.4 is 10.6 Å². The molecular formula is C10H14N4O4. The van der Waals surface area contributed by atoms with Gasteiger partial charge in [-0.25, -0.2) is 9.78 Å². The fraction of sp³-hybridized carbons (Fsp3) is 0.500. The number of aliphatic hydroxyl groups is 1. The predicted molar refractivity (Wildman–Crippen MR) is 59.6 cm³/mol. The summed E-state index contributed by atoms with van der Waals surface area (Å²) in [6.45, 7) is -0.161. The molecule has 2 heterocycles. The maximum absolute atomic E-state index is 11.8.